The van der Waals surface area contributed by atoms with E-state index < -0.39 is 30.2 Å². The van der Waals surface area contributed by atoms with Crippen LogP contribution in [0.2, 0.25) is 0 Å². The molecule has 4 N–H and O–H groups in total. The van der Waals surface area contributed by atoms with Gasteiger partial charge >= 0.3 is 5.97 Å². The summed E-state index contributed by atoms with van der Waals surface area (Å²) in [5.74, 6) is -1.85. The summed E-state index contributed by atoms with van der Waals surface area (Å²) in [6.07, 6.45) is 0.842. The number of rotatable bonds is 5. The number of nitrogens with one attached hydrogen (secondary N) is 2. The van der Waals surface area contributed by atoms with Crippen molar-refractivity contribution >= 4 is 17.8 Å². The van der Waals surface area contributed by atoms with Gasteiger partial charge in [0.05, 0.1) is 12.1 Å². The second-order valence-corrected chi connectivity index (χ2v) is 6.61. The summed E-state index contributed by atoms with van der Waals surface area (Å²) >= 11 is 0. The van der Waals surface area contributed by atoms with Gasteiger partial charge in [-0.1, -0.05) is 13.8 Å². The number of β-amino-alcohol motifs (C(OH)–C–C–N with tert-alkyl or cyclic N) is 1. The van der Waals surface area contributed by atoms with Crippen molar-refractivity contribution in [3.05, 3.63) is 0 Å². The van der Waals surface area contributed by atoms with Crippen LogP contribution < -0.4 is 10.6 Å². The Balaban J connectivity index is 2.04. The van der Waals surface area contributed by atoms with Gasteiger partial charge in [-0.3, -0.25) is 9.59 Å². The Morgan fingerprint density at radius 3 is 2.52 bits per heavy atom. The van der Waals surface area contributed by atoms with Crippen LogP contribution in [0.5, 0.6) is 0 Å². The molecule has 2 aliphatic rings. The molecule has 0 bridgehead atoms. The molecule has 2 amide bonds. The summed E-state index contributed by atoms with van der Waals surface area (Å²) in [5, 5.41) is 24.3. The van der Waals surface area contributed by atoms with E-state index in [1.165, 1.54) is 4.90 Å². The van der Waals surface area contributed by atoms with Gasteiger partial charge in [0.15, 0.2) is 0 Å². The number of hydrogen-bond donors (Lipinski definition) is 4. The number of carbonyl (C=O) groups excluding carboxylic acids is 2. The Bertz CT molecular complexity index is 482. The molecule has 0 aromatic heterocycles. The van der Waals surface area contributed by atoms with E-state index in [0.717, 1.165) is 0 Å². The van der Waals surface area contributed by atoms with Gasteiger partial charge in [-0.25, -0.2) is 4.79 Å². The fourth-order valence-corrected chi connectivity index (χ4v) is 3.15. The second-order valence-electron chi connectivity index (χ2n) is 6.61. The second kappa shape index (κ2) is 7.27. The average molecular weight is 327 g/mol. The topological polar surface area (TPSA) is 119 Å². The molecule has 2 heterocycles. The molecular weight excluding hydrogens is 302 g/mol. The number of aliphatic hydroxyl groups excluding tert-OH is 1. The molecule has 2 fully saturated rings. The van der Waals surface area contributed by atoms with Crippen LogP contribution in [0.4, 0.5) is 0 Å². The zero-order valence-electron chi connectivity index (χ0n) is 13.5. The number of hydrogen-bond acceptors (Lipinski definition) is 5. The quantitative estimate of drug-likeness (QED) is 0.510. The Kier molecular flexibility index (Phi) is 5.59. The van der Waals surface area contributed by atoms with Crippen LogP contribution in [0.3, 0.4) is 0 Å². The number of nitrogens with zero attached hydrogens (tertiary/aromatic N) is 1. The third-order valence-electron chi connectivity index (χ3n) is 4.48. The molecule has 0 unspecified atom stereocenters. The zero-order valence-corrected chi connectivity index (χ0v) is 13.5. The van der Waals surface area contributed by atoms with Gasteiger partial charge in [0.1, 0.15) is 12.1 Å². The maximum Gasteiger partial charge on any atom is 0.326 e. The molecule has 8 nitrogen and oxygen atoms in total. The van der Waals surface area contributed by atoms with Gasteiger partial charge in [0.25, 0.3) is 0 Å². The van der Waals surface area contributed by atoms with Crippen LogP contribution in [0.15, 0.2) is 0 Å². The first-order valence-electron chi connectivity index (χ1n) is 8.06. The van der Waals surface area contributed by atoms with Gasteiger partial charge in [-0.05, 0) is 25.2 Å². The molecule has 8 heteroatoms. The number of carboxylic acid groups (broad SMARTS) is 1. The van der Waals surface area contributed by atoms with Crippen LogP contribution in [0, 0.1) is 5.92 Å². The van der Waals surface area contributed by atoms with E-state index in [2.05, 4.69) is 10.6 Å². The summed E-state index contributed by atoms with van der Waals surface area (Å²) in [5.41, 5.74) is 0. The number of carboxylic acids is 1. The van der Waals surface area contributed by atoms with Crippen molar-refractivity contribution < 1.29 is 24.6 Å². The van der Waals surface area contributed by atoms with E-state index >= 15 is 0 Å². The van der Waals surface area contributed by atoms with Crippen LogP contribution in [-0.2, 0) is 14.4 Å². The molecule has 0 spiro atoms. The van der Waals surface area contributed by atoms with E-state index in [-0.39, 0.29) is 17.7 Å². The lowest BCUT2D eigenvalue weighted by Gasteiger charge is -2.30. The molecule has 0 radical (unpaired) electrons. The summed E-state index contributed by atoms with van der Waals surface area (Å²) in [7, 11) is 0. The molecular formula is C15H25N3O5. The van der Waals surface area contributed by atoms with E-state index in [9.17, 15) is 24.6 Å². The molecule has 23 heavy (non-hydrogen) atoms. The van der Waals surface area contributed by atoms with E-state index in [1.54, 1.807) is 0 Å². The number of aliphatic hydroxyl groups is 1. The third-order valence-corrected chi connectivity index (χ3v) is 4.48. The maximum absolute atomic E-state index is 12.7. The normalized spacial score (nSPS) is 28.9. The van der Waals surface area contributed by atoms with Crippen LogP contribution in [0.1, 0.15) is 33.1 Å². The highest BCUT2D eigenvalue weighted by molar-refractivity contribution is 5.92. The minimum Gasteiger partial charge on any atom is -0.480 e. The largest absolute Gasteiger partial charge is 0.480 e. The minimum atomic E-state index is -1.01. The highest BCUT2D eigenvalue weighted by atomic mass is 16.4. The maximum atomic E-state index is 12.7. The first-order chi connectivity index (χ1) is 10.8. The average Bonchev–Trinajstić information content (AvgIpc) is 3.11. The Hall–Kier alpha value is -1.67. The Morgan fingerprint density at radius 1 is 1.30 bits per heavy atom. The molecule has 4 atom stereocenters. The first kappa shape index (κ1) is 17.7. The summed E-state index contributed by atoms with van der Waals surface area (Å²) < 4.78 is 0. The van der Waals surface area contributed by atoms with Crippen molar-refractivity contribution in [3.63, 3.8) is 0 Å². The van der Waals surface area contributed by atoms with Crippen molar-refractivity contribution in [2.45, 2.75) is 57.3 Å². The Morgan fingerprint density at radius 2 is 2.00 bits per heavy atom. The van der Waals surface area contributed by atoms with Crippen molar-refractivity contribution in [1.29, 1.82) is 0 Å². The number of amides is 2. The van der Waals surface area contributed by atoms with Crippen LogP contribution in [-0.4, -0.2) is 70.2 Å². The fraction of sp³-hybridized carbons (Fsp3) is 0.800. The molecule has 0 saturated carbocycles. The summed E-state index contributed by atoms with van der Waals surface area (Å²) in [6.45, 7) is 4.37. The van der Waals surface area contributed by atoms with E-state index in [4.69, 9.17) is 0 Å². The van der Waals surface area contributed by atoms with Crippen LogP contribution in [0.25, 0.3) is 0 Å². The zero-order chi connectivity index (χ0) is 17.1. The van der Waals surface area contributed by atoms with Crippen molar-refractivity contribution in [3.8, 4) is 0 Å². The van der Waals surface area contributed by atoms with E-state index in [0.29, 0.717) is 32.4 Å². The lowest BCUT2D eigenvalue weighted by Crippen LogP contribution is -2.56. The summed E-state index contributed by atoms with van der Waals surface area (Å²) in [4.78, 5) is 37.6. The molecule has 0 aromatic carbocycles. The van der Waals surface area contributed by atoms with Gasteiger partial charge in [-0.2, -0.15) is 0 Å². The SMILES string of the molecule is CC(C)[C@H](NC(=O)[C@@H]1C[C@@H](O)CN1)C(=O)N1CCC[C@H]1C(=O)O. The lowest BCUT2D eigenvalue weighted by atomic mass is 10.0. The van der Waals surface area contributed by atoms with Crippen molar-refractivity contribution in [1.82, 2.24) is 15.5 Å². The smallest absolute Gasteiger partial charge is 0.326 e. The molecule has 2 aliphatic heterocycles. The third kappa shape index (κ3) is 4.00. The van der Waals surface area contributed by atoms with Gasteiger partial charge in [0.2, 0.25) is 11.8 Å². The molecule has 2 saturated heterocycles. The van der Waals surface area contributed by atoms with Gasteiger partial charge in [0, 0.05) is 13.1 Å². The standard InChI is InChI=1S/C15H25N3O5/c1-8(2)12(17-13(20)10-6-9(19)7-16-10)14(21)18-5-3-4-11(18)15(22)23/h8-12,16,19H,3-7H2,1-2H3,(H,17,20)(H,22,23)/t9-,10+,11+,12+/m1/s1. The van der Waals surface area contributed by atoms with Gasteiger partial charge < -0.3 is 25.7 Å². The number of aliphatic carboxylic acids is 1. The highest BCUT2D eigenvalue weighted by Gasteiger charge is 2.39. The number of carbonyl (C=O) groups is 3. The van der Waals surface area contributed by atoms with E-state index in [1.807, 2.05) is 13.8 Å². The molecule has 0 aromatic rings. The van der Waals surface area contributed by atoms with Crippen molar-refractivity contribution in [2.24, 2.45) is 5.92 Å². The number of likely N-dealkylation sites (tertiary alicyclic amines) is 1. The minimum absolute atomic E-state index is 0.159. The molecule has 2 rings (SSSR count). The molecule has 130 valence electrons. The molecule has 0 aliphatic carbocycles. The lowest BCUT2D eigenvalue weighted by molar-refractivity contribution is -0.150. The monoisotopic (exact) mass is 327 g/mol. The van der Waals surface area contributed by atoms with Crippen LogP contribution >= 0.6 is 0 Å². The highest BCUT2D eigenvalue weighted by Crippen LogP contribution is 2.20. The Labute approximate surface area is 135 Å². The first-order valence-corrected chi connectivity index (χ1v) is 8.06. The predicted octanol–water partition coefficient (Wildman–Crippen LogP) is -1.07. The summed E-state index contributed by atoms with van der Waals surface area (Å²) in [6, 6.07) is -2.10. The van der Waals surface area contributed by atoms with Gasteiger partial charge in [-0.15, -0.1) is 0 Å². The fourth-order valence-electron chi connectivity index (χ4n) is 3.15. The predicted molar refractivity (Wildman–Crippen MR) is 81.6 cm³/mol. The van der Waals surface area contributed by atoms with Crippen molar-refractivity contribution in [2.75, 3.05) is 13.1 Å².